The van der Waals surface area contributed by atoms with Crippen LogP contribution in [0.25, 0.3) is 22.6 Å². The van der Waals surface area contributed by atoms with Crippen LogP contribution < -0.4 is 11.1 Å². The van der Waals surface area contributed by atoms with Gasteiger partial charge in [-0.15, -0.1) is 0 Å². The van der Waals surface area contributed by atoms with Crippen LogP contribution in [0.3, 0.4) is 0 Å². The van der Waals surface area contributed by atoms with Crippen molar-refractivity contribution in [3.63, 3.8) is 0 Å². The van der Waals surface area contributed by atoms with E-state index >= 15 is 0 Å². The van der Waals surface area contributed by atoms with Gasteiger partial charge in [-0.2, -0.15) is 0 Å². The largest absolute Gasteiger partial charge is 0.338 e. The van der Waals surface area contributed by atoms with Crippen LogP contribution in [0, 0.1) is 11.8 Å². The fourth-order valence-electron chi connectivity index (χ4n) is 3.97. The van der Waals surface area contributed by atoms with Crippen molar-refractivity contribution in [3.8, 4) is 22.6 Å². The van der Waals surface area contributed by atoms with Gasteiger partial charge in [-0.3, -0.25) is 4.98 Å². The molecule has 1 aliphatic rings. The fraction of sp³-hybridized carbons (Fsp3) is 0.364. The van der Waals surface area contributed by atoms with Crippen LogP contribution in [0.15, 0.2) is 42.7 Å². The molecule has 3 aromatic rings. The second-order valence-electron chi connectivity index (χ2n) is 7.99. The molecule has 152 valence electrons. The molecular formula is C22H25Cl2N5. The average Bonchev–Trinajstić information content (AvgIpc) is 3.39. The van der Waals surface area contributed by atoms with Gasteiger partial charge in [-0.05, 0) is 42.5 Å². The topological polar surface area (TPSA) is 79.6 Å². The molecule has 0 bridgehead atoms. The number of halogens is 2. The predicted molar refractivity (Wildman–Crippen MR) is 119 cm³/mol. The molecule has 29 heavy (non-hydrogen) atoms. The Kier molecular flexibility index (Phi) is 5.93. The van der Waals surface area contributed by atoms with Crippen molar-refractivity contribution >= 4 is 23.2 Å². The quantitative estimate of drug-likeness (QED) is 0.528. The minimum atomic E-state index is 0.166. The minimum absolute atomic E-state index is 0.166. The monoisotopic (exact) mass is 429 g/mol. The summed E-state index contributed by atoms with van der Waals surface area (Å²) in [5, 5.41) is 4.66. The summed E-state index contributed by atoms with van der Waals surface area (Å²) in [7, 11) is 0. The highest BCUT2D eigenvalue weighted by molar-refractivity contribution is 6.42. The summed E-state index contributed by atoms with van der Waals surface area (Å²) >= 11 is 12.2. The number of aromatic nitrogens is 3. The number of rotatable bonds is 5. The number of H-pyrrole nitrogens is 1. The molecular weight excluding hydrogens is 405 g/mol. The SMILES string of the molecule is CC(C)C(N)C1CNC(c2ncccc2-c2ncc(-c3ccc(Cl)c(Cl)c3)[nH]2)C1. The van der Waals surface area contributed by atoms with Gasteiger partial charge >= 0.3 is 0 Å². The fourth-order valence-corrected chi connectivity index (χ4v) is 4.27. The first-order valence-electron chi connectivity index (χ1n) is 9.88. The zero-order valence-electron chi connectivity index (χ0n) is 16.5. The predicted octanol–water partition coefficient (Wildman–Crippen LogP) is 5.08. The Morgan fingerprint density at radius 3 is 2.72 bits per heavy atom. The lowest BCUT2D eigenvalue weighted by Crippen LogP contribution is -2.36. The summed E-state index contributed by atoms with van der Waals surface area (Å²) in [5.41, 5.74) is 10.2. The maximum atomic E-state index is 6.40. The first kappa shape index (κ1) is 20.4. The molecule has 4 N–H and O–H groups in total. The van der Waals surface area contributed by atoms with E-state index in [0.29, 0.717) is 21.9 Å². The second-order valence-corrected chi connectivity index (χ2v) is 8.80. The highest BCUT2D eigenvalue weighted by Crippen LogP contribution is 2.35. The van der Waals surface area contributed by atoms with Crippen LogP contribution in [-0.2, 0) is 0 Å². The molecule has 7 heteroatoms. The highest BCUT2D eigenvalue weighted by Gasteiger charge is 2.32. The number of nitrogens with one attached hydrogen (secondary N) is 2. The van der Waals surface area contributed by atoms with E-state index in [-0.39, 0.29) is 12.1 Å². The number of aromatic amines is 1. The zero-order valence-corrected chi connectivity index (χ0v) is 18.0. The van der Waals surface area contributed by atoms with Gasteiger partial charge < -0.3 is 16.0 Å². The summed E-state index contributed by atoms with van der Waals surface area (Å²) in [4.78, 5) is 12.7. The van der Waals surface area contributed by atoms with Gasteiger partial charge in [0.1, 0.15) is 5.82 Å². The molecule has 0 amide bonds. The lowest BCUT2D eigenvalue weighted by Gasteiger charge is -2.22. The van der Waals surface area contributed by atoms with E-state index < -0.39 is 0 Å². The zero-order chi connectivity index (χ0) is 20.5. The van der Waals surface area contributed by atoms with E-state index in [2.05, 4.69) is 40.2 Å². The van der Waals surface area contributed by atoms with E-state index in [1.54, 1.807) is 6.07 Å². The number of nitrogens with two attached hydrogens (primary N) is 1. The van der Waals surface area contributed by atoms with Gasteiger partial charge in [0, 0.05) is 29.9 Å². The van der Waals surface area contributed by atoms with Crippen molar-refractivity contribution in [1.29, 1.82) is 0 Å². The third-order valence-electron chi connectivity index (χ3n) is 5.71. The maximum absolute atomic E-state index is 6.40. The van der Waals surface area contributed by atoms with Gasteiger partial charge in [0.2, 0.25) is 0 Å². The van der Waals surface area contributed by atoms with Gasteiger partial charge in [0.05, 0.1) is 33.7 Å². The van der Waals surface area contributed by atoms with Crippen molar-refractivity contribution in [1.82, 2.24) is 20.3 Å². The molecule has 3 atom stereocenters. The van der Waals surface area contributed by atoms with E-state index in [9.17, 15) is 0 Å². The van der Waals surface area contributed by atoms with E-state index in [4.69, 9.17) is 28.9 Å². The summed E-state index contributed by atoms with van der Waals surface area (Å²) in [5.74, 6) is 1.69. The second kappa shape index (κ2) is 8.44. The lowest BCUT2D eigenvalue weighted by molar-refractivity contribution is 0.358. The maximum Gasteiger partial charge on any atom is 0.139 e. The number of imidazole rings is 1. The van der Waals surface area contributed by atoms with Gasteiger partial charge in [-0.1, -0.05) is 43.1 Å². The van der Waals surface area contributed by atoms with E-state index in [0.717, 1.165) is 41.3 Å². The van der Waals surface area contributed by atoms with Crippen molar-refractivity contribution in [2.75, 3.05) is 6.54 Å². The number of nitrogens with zero attached hydrogens (tertiary/aromatic N) is 2. The molecule has 2 aromatic heterocycles. The van der Waals surface area contributed by atoms with Gasteiger partial charge in [0.25, 0.3) is 0 Å². The highest BCUT2D eigenvalue weighted by atomic mass is 35.5. The van der Waals surface area contributed by atoms with E-state index in [1.165, 1.54) is 0 Å². The molecule has 0 saturated carbocycles. The molecule has 3 unspecified atom stereocenters. The standard InChI is InChI=1S/C22H25Cl2N5/c1-12(2)20(25)14-9-18(27-10-14)21-15(4-3-7-26-21)22-28-11-19(29-22)13-5-6-16(23)17(24)8-13/h3-8,11-12,14,18,20,27H,9-10,25H2,1-2H3,(H,28,29). The molecule has 1 fully saturated rings. The summed E-state index contributed by atoms with van der Waals surface area (Å²) in [6.07, 6.45) is 4.62. The first-order valence-corrected chi connectivity index (χ1v) is 10.6. The molecule has 3 heterocycles. The summed E-state index contributed by atoms with van der Waals surface area (Å²) < 4.78 is 0. The number of benzene rings is 1. The molecule has 1 aromatic carbocycles. The van der Waals surface area contributed by atoms with Crippen LogP contribution in [0.4, 0.5) is 0 Å². The molecule has 1 saturated heterocycles. The Morgan fingerprint density at radius 2 is 1.97 bits per heavy atom. The Balaban J connectivity index is 1.61. The third kappa shape index (κ3) is 4.19. The Hall–Kier alpha value is -1.92. The average molecular weight is 430 g/mol. The van der Waals surface area contributed by atoms with Crippen molar-refractivity contribution in [2.24, 2.45) is 17.6 Å². The first-order chi connectivity index (χ1) is 13.9. The van der Waals surface area contributed by atoms with Crippen molar-refractivity contribution < 1.29 is 0 Å². The molecule has 0 aliphatic carbocycles. The molecule has 5 nitrogen and oxygen atoms in total. The van der Waals surface area contributed by atoms with E-state index in [1.807, 2.05) is 30.6 Å². The number of hydrogen-bond acceptors (Lipinski definition) is 4. The Labute approximate surface area is 181 Å². The van der Waals surface area contributed by atoms with Crippen LogP contribution in [0.5, 0.6) is 0 Å². The Bertz CT molecular complexity index is 1000. The molecule has 0 spiro atoms. The third-order valence-corrected chi connectivity index (χ3v) is 6.45. The molecule has 4 rings (SSSR count). The van der Waals surface area contributed by atoms with Crippen LogP contribution >= 0.6 is 23.2 Å². The van der Waals surface area contributed by atoms with Crippen LogP contribution in [-0.4, -0.2) is 27.5 Å². The minimum Gasteiger partial charge on any atom is -0.338 e. The lowest BCUT2D eigenvalue weighted by atomic mass is 9.88. The summed E-state index contributed by atoms with van der Waals surface area (Å²) in [6.45, 7) is 5.27. The van der Waals surface area contributed by atoms with Crippen molar-refractivity contribution in [3.05, 3.63) is 58.5 Å². The summed E-state index contributed by atoms with van der Waals surface area (Å²) in [6, 6.07) is 9.89. The Morgan fingerprint density at radius 1 is 1.14 bits per heavy atom. The smallest absolute Gasteiger partial charge is 0.139 e. The van der Waals surface area contributed by atoms with Crippen LogP contribution in [0.1, 0.15) is 32.0 Å². The van der Waals surface area contributed by atoms with Crippen LogP contribution in [0.2, 0.25) is 10.0 Å². The van der Waals surface area contributed by atoms with Gasteiger partial charge in [-0.25, -0.2) is 4.98 Å². The van der Waals surface area contributed by atoms with Gasteiger partial charge in [0.15, 0.2) is 0 Å². The normalized spacial score (nSPS) is 20.3. The number of hydrogen-bond donors (Lipinski definition) is 3. The molecule has 1 aliphatic heterocycles. The molecule has 0 radical (unpaired) electrons. The number of pyridine rings is 1. The van der Waals surface area contributed by atoms with Crippen molar-refractivity contribution in [2.45, 2.75) is 32.4 Å².